The summed E-state index contributed by atoms with van der Waals surface area (Å²) in [6.45, 7) is 1.45. The van der Waals surface area contributed by atoms with Gasteiger partial charge in [-0.15, -0.1) is 0 Å². The lowest BCUT2D eigenvalue weighted by Gasteiger charge is -2.10. The second kappa shape index (κ2) is 4.44. The summed E-state index contributed by atoms with van der Waals surface area (Å²) in [7, 11) is 1.53. The minimum absolute atomic E-state index is 0.0915. The van der Waals surface area contributed by atoms with Crippen LogP contribution in [0.4, 0.5) is 0 Å². The van der Waals surface area contributed by atoms with E-state index in [1.807, 2.05) is 0 Å². The maximum absolute atomic E-state index is 11.0. The number of halogens is 1. The summed E-state index contributed by atoms with van der Waals surface area (Å²) in [5.41, 5.74) is 6.35. The largest absolute Gasteiger partial charge is 0.495 e. The minimum atomic E-state index is -0.613. The number of hydrogen-bond acceptors (Lipinski definition) is 3. The van der Waals surface area contributed by atoms with Crippen molar-refractivity contribution in [1.82, 2.24) is 0 Å². The van der Waals surface area contributed by atoms with Crippen molar-refractivity contribution in [2.45, 2.75) is 13.0 Å². The molecular weight excluding hydrogens is 202 g/mol. The predicted octanol–water partition coefficient (Wildman–Crippen LogP) is 1.94. The number of carbonyl (C=O) groups is 1. The first kappa shape index (κ1) is 11.0. The van der Waals surface area contributed by atoms with Gasteiger partial charge in [-0.3, -0.25) is 4.79 Å². The van der Waals surface area contributed by atoms with Crippen molar-refractivity contribution < 1.29 is 9.53 Å². The first-order valence-electron chi connectivity index (χ1n) is 4.15. The third-order valence-electron chi connectivity index (χ3n) is 1.97. The van der Waals surface area contributed by atoms with E-state index in [-0.39, 0.29) is 5.78 Å². The van der Waals surface area contributed by atoms with Gasteiger partial charge in [-0.1, -0.05) is 17.7 Å². The molecule has 2 N–H and O–H groups in total. The van der Waals surface area contributed by atoms with Gasteiger partial charge in [0.25, 0.3) is 0 Å². The smallest absolute Gasteiger partial charge is 0.150 e. The molecule has 0 saturated heterocycles. The SMILES string of the molecule is COc1ccc(C(N)C(C)=O)cc1Cl. The van der Waals surface area contributed by atoms with Gasteiger partial charge in [0, 0.05) is 0 Å². The van der Waals surface area contributed by atoms with Crippen LogP contribution in [-0.4, -0.2) is 12.9 Å². The lowest BCUT2D eigenvalue weighted by atomic mass is 10.0. The number of benzene rings is 1. The monoisotopic (exact) mass is 213 g/mol. The van der Waals surface area contributed by atoms with Crippen molar-refractivity contribution >= 4 is 17.4 Å². The number of rotatable bonds is 3. The number of nitrogens with two attached hydrogens (primary N) is 1. The molecule has 1 unspecified atom stereocenters. The highest BCUT2D eigenvalue weighted by Crippen LogP contribution is 2.27. The maximum atomic E-state index is 11.0. The maximum Gasteiger partial charge on any atom is 0.150 e. The summed E-state index contributed by atoms with van der Waals surface area (Å²) in [4.78, 5) is 11.0. The molecular formula is C10H12ClNO2. The van der Waals surface area contributed by atoms with Crippen LogP contribution in [0, 0.1) is 0 Å². The summed E-state index contributed by atoms with van der Waals surface area (Å²) in [6.07, 6.45) is 0. The van der Waals surface area contributed by atoms with Gasteiger partial charge in [-0.25, -0.2) is 0 Å². The first-order chi connectivity index (χ1) is 6.56. The van der Waals surface area contributed by atoms with Crippen LogP contribution in [-0.2, 0) is 4.79 Å². The van der Waals surface area contributed by atoms with Crippen molar-refractivity contribution in [2.75, 3.05) is 7.11 Å². The summed E-state index contributed by atoms with van der Waals surface area (Å²) in [5, 5.41) is 0.460. The Balaban J connectivity index is 3.02. The van der Waals surface area contributed by atoms with Crippen molar-refractivity contribution in [3.8, 4) is 5.75 Å². The zero-order valence-electron chi connectivity index (χ0n) is 8.08. The van der Waals surface area contributed by atoms with E-state index < -0.39 is 6.04 Å². The molecule has 0 bridgehead atoms. The van der Waals surface area contributed by atoms with E-state index in [0.717, 1.165) is 0 Å². The van der Waals surface area contributed by atoms with Crippen molar-refractivity contribution in [3.05, 3.63) is 28.8 Å². The Morgan fingerprint density at radius 1 is 1.57 bits per heavy atom. The van der Waals surface area contributed by atoms with Gasteiger partial charge in [0.05, 0.1) is 18.2 Å². The summed E-state index contributed by atoms with van der Waals surface area (Å²) < 4.78 is 4.98. The highest BCUT2D eigenvalue weighted by molar-refractivity contribution is 6.32. The van der Waals surface area contributed by atoms with Crippen LogP contribution in [0.5, 0.6) is 5.75 Å². The third-order valence-corrected chi connectivity index (χ3v) is 2.27. The minimum Gasteiger partial charge on any atom is -0.495 e. The Kier molecular flexibility index (Phi) is 3.49. The highest BCUT2D eigenvalue weighted by atomic mass is 35.5. The molecule has 1 aromatic rings. The first-order valence-corrected chi connectivity index (χ1v) is 4.53. The van der Waals surface area contributed by atoms with E-state index in [1.54, 1.807) is 18.2 Å². The Morgan fingerprint density at radius 3 is 2.64 bits per heavy atom. The van der Waals surface area contributed by atoms with Crippen LogP contribution in [0.2, 0.25) is 5.02 Å². The Labute approximate surface area is 87.8 Å². The van der Waals surface area contributed by atoms with Gasteiger partial charge >= 0.3 is 0 Å². The summed E-state index contributed by atoms with van der Waals surface area (Å²) in [5.74, 6) is 0.484. The molecule has 0 aliphatic heterocycles. The molecule has 1 rings (SSSR count). The fourth-order valence-electron chi connectivity index (χ4n) is 1.11. The Hall–Kier alpha value is -1.06. The van der Waals surface area contributed by atoms with E-state index >= 15 is 0 Å². The zero-order chi connectivity index (χ0) is 10.7. The summed E-state index contributed by atoms with van der Waals surface area (Å²) >= 11 is 5.89. The van der Waals surface area contributed by atoms with E-state index in [9.17, 15) is 4.79 Å². The lowest BCUT2D eigenvalue weighted by molar-refractivity contribution is -0.118. The molecule has 4 heteroatoms. The van der Waals surface area contributed by atoms with Crippen LogP contribution < -0.4 is 10.5 Å². The molecule has 1 atom stereocenters. The number of ketones is 1. The fraction of sp³-hybridized carbons (Fsp3) is 0.300. The number of methoxy groups -OCH3 is 1. The molecule has 0 amide bonds. The second-order valence-corrected chi connectivity index (χ2v) is 3.39. The molecule has 0 aliphatic rings. The Bertz CT molecular complexity index is 352. The molecule has 0 aromatic heterocycles. The van der Waals surface area contributed by atoms with Gasteiger partial charge in [0.2, 0.25) is 0 Å². The van der Waals surface area contributed by atoms with Gasteiger partial charge in [-0.05, 0) is 24.6 Å². The molecule has 0 radical (unpaired) electrons. The van der Waals surface area contributed by atoms with Crippen LogP contribution in [0.15, 0.2) is 18.2 Å². The predicted molar refractivity (Wildman–Crippen MR) is 55.6 cm³/mol. The van der Waals surface area contributed by atoms with Crippen LogP contribution in [0.1, 0.15) is 18.5 Å². The van der Waals surface area contributed by atoms with E-state index in [1.165, 1.54) is 14.0 Å². The lowest BCUT2D eigenvalue weighted by Crippen LogP contribution is -2.18. The third kappa shape index (κ3) is 2.25. The normalized spacial score (nSPS) is 12.3. The molecule has 0 aliphatic carbocycles. The van der Waals surface area contributed by atoms with Crippen LogP contribution in [0.3, 0.4) is 0 Å². The van der Waals surface area contributed by atoms with Crippen molar-refractivity contribution in [1.29, 1.82) is 0 Å². The Morgan fingerprint density at radius 2 is 2.21 bits per heavy atom. The van der Waals surface area contributed by atoms with Gasteiger partial charge < -0.3 is 10.5 Å². The standard InChI is InChI=1S/C10H12ClNO2/c1-6(13)10(12)7-3-4-9(14-2)8(11)5-7/h3-5,10H,12H2,1-2H3. The number of Topliss-reactive ketones (excluding diaryl/α,β-unsaturated/α-hetero) is 1. The molecule has 0 heterocycles. The summed E-state index contributed by atoms with van der Waals surface area (Å²) in [6, 6.07) is 4.46. The average molecular weight is 214 g/mol. The van der Waals surface area contributed by atoms with Crippen molar-refractivity contribution in [2.24, 2.45) is 5.73 Å². The van der Waals surface area contributed by atoms with Crippen molar-refractivity contribution in [3.63, 3.8) is 0 Å². The molecule has 0 saturated carbocycles. The molecule has 0 spiro atoms. The molecule has 1 aromatic carbocycles. The topological polar surface area (TPSA) is 52.3 Å². The van der Waals surface area contributed by atoms with Gasteiger partial charge in [0.1, 0.15) is 5.75 Å². The fourth-order valence-corrected chi connectivity index (χ4v) is 1.38. The highest BCUT2D eigenvalue weighted by Gasteiger charge is 2.12. The number of ether oxygens (including phenoxy) is 1. The van der Waals surface area contributed by atoms with Crippen LogP contribution >= 0.6 is 11.6 Å². The molecule has 14 heavy (non-hydrogen) atoms. The molecule has 0 fully saturated rings. The van der Waals surface area contributed by atoms with E-state index in [2.05, 4.69) is 0 Å². The van der Waals surface area contributed by atoms with Gasteiger partial charge in [-0.2, -0.15) is 0 Å². The van der Waals surface area contributed by atoms with E-state index in [4.69, 9.17) is 22.1 Å². The van der Waals surface area contributed by atoms with E-state index in [0.29, 0.717) is 16.3 Å². The quantitative estimate of drug-likeness (QED) is 0.835. The van der Waals surface area contributed by atoms with Gasteiger partial charge in [0.15, 0.2) is 5.78 Å². The van der Waals surface area contributed by atoms with Crippen LogP contribution in [0.25, 0.3) is 0 Å². The molecule has 76 valence electrons. The second-order valence-electron chi connectivity index (χ2n) is 2.98. The zero-order valence-corrected chi connectivity index (χ0v) is 8.84. The number of hydrogen-bond donors (Lipinski definition) is 1. The average Bonchev–Trinajstić information content (AvgIpc) is 2.16. The molecule has 3 nitrogen and oxygen atoms in total. The number of carbonyl (C=O) groups excluding carboxylic acids is 1.